The molecule has 14 heavy (non-hydrogen) atoms. The van der Waals surface area contributed by atoms with E-state index < -0.39 is 6.10 Å². The average molecular weight is 201 g/mol. The fourth-order valence-electron chi connectivity index (χ4n) is 1.85. The highest BCUT2D eigenvalue weighted by Crippen LogP contribution is 2.17. The topological polar surface area (TPSA) is 78.6 Å². The summed E-state index contributed by atoms with van der Waals surface area (Å²) in [6, 6.07) is -0.0822. The molecule has 1 rings (SSSR count). The number of hydrogen-bond acceptors (Lipinski definition) is 4. The van der Waals surface area contributed by atoms with Crippen LogP contribution in [0.2, 0.25) is 0 Å². The SMILES string of the molecule is CNC(=O)C1CCCN1CC(O)CN. The van der Waals surface area contributed by atoms with E-state index in [1.807, 2.05) is 4.90 Å². The number of carbonyl (C=O) groups is 1. The van der Waals surface area contributed by atoms with Crippen molar-refractivity contribution in [1.82, 2.24) is 10.2 Å². The van der Waals surface area contributed by atoms with E-state index in [0.29, 0.717) is 6.54 Å². The molecule has 0 bridgehead atoms. The number of rotatable bonds is 4. The highest BCUT2D eigenvalue weighted by Gasteiger charge is 2.30. The Labute approximate surface area is 84.3 Å². The van der Waals surface area contributed by atoms with Crippen molar-refractivity contribution in [2.75, 3.05) is 26.7 Å². The maximum atomic E-state index is 11.4. The number of nitrogens with one attached hydrogen (secondary N) is 1. The van der Waals surface area contributed by atoms with Crippen LogP contribution in [-0.2, 0) is 4.79 Å². The fraction of sp³-hybridized carbons (Fsp3) is 0.889. The van der Waals surface area contributed by atoms with Crippen LogP contribution in [0.1, 0.15) is 12.8 Å². The van der Waals surface area contributed by atoms with Gasteiger partial charge in [0.25, 0.3) is 0 Å². The molecule has 1 heterocycles. The second kappa shape index (κ2) is 5.29. The van der Waals surface area contributed by atoms with E-state index in [1.165, 1.54) is 0 Å². The summed E-state index contributed by atoms with van der Waals surface area (Å²) in [5.74, 6) is 0.0340. The van der Waals surface area contributed by atoms with Gasteiger partial charge in [0.1, 0.15) is 0 Å². The van der Waals surface area contributed by atoms with Gasteiger partial charge in [-0.05, 0) is 19.4 Å². The first-order chi connectivity index (χ1) is 6.69. The standard InChI is InChI=1S/C9H19N3O2/c1-11-9(14)8-3-2-4-12(8)6-7(13)5-10/h7-8,13H,2-6,10H2,1H3,(H,11,14). The molecule has 5 heteroatoms. The lowest BCUT2D eigenvalue weighted by Gasteiger charge is -2.24. The Bertz CT molecular complexity index is 198. The third-order valence-corrected chi connectivity index (χ3v) is 2.63. The highest BCUT2D eigenvalue weighted by atomic mass is 16.3. The summed E-state index contributed by atoms with van der Waals surface area (Å²) < 4.78 is 0. The summed E-state index contributed by atoms with van der Waals surface area (Å²) in [6.07, 6.45) is 1.35. The van der Waals surface area contributed by atoms with Gasteiger partial charge in [-0.15, -0.1) is 0 Å². The van der Waals surface area contributed by atoms with Crippen molar-refractivity contribution in [3.8, 4) is 0 Å². The quantitative estimate of drug-likeness (QED) is 0.518. The van der Waals surface area contributed by atoms with Crippen LogP contribution in [0.15, 0.2) is 0 Å². The van der Waals surface area contributed by atoms with Gasteiger partial charge in [0.2, 0.25) is 5.91 Å². The lowest BCUT2D eigenvalue weighted by molar-refractivity contribution is -0.125. The van der Waals surface area contributed by atoms with Crippen molar-refractivity contribution in [3.05, 3.63) is 0 Å². The van der Waals surface area contributed by atoms with Gasteiger partial charge in [-0.25, -0.2) is 0 Å². The first-order valence-corrected chi connectivity index (χ1v) is 5.02. The molecule has 1 fully saturated rings. The van der Waals surface area contributed by atoms with Crippen LogP contribution < -0.4 is 11.1 Å². The lowest BCUT2D eigenvalue weighted by Crippen LogP contribution is -2.46. The minimum absolute atomic E-state index is 0.0340. The van der Waals surface area contributed by atoms with Crippen LogP contribution in [0, 0.1) is 0 Å². The van der Waals surface area contributed by atoms with E-state index in [9.17, 15) is 9.90 Å². The second-order valence-electron chi connectivity index (χ2n) is 3.66. The van der Waals surface area contributed by atoms with Crippen molar-refractivity contribution >= 4 is 5.91 Å². The van der Waals surface area contributed by atoms with Crippen molar-refractivity contribution in [1.29, 1.82) is 0 Å². The van der Waals surface area contributed by atoms with E-state index in [1.54, 1.807) is 7.05 Å². The van der Waals surface area contributed by atoms with E-state index in [4.69, 9.17) is 5.73 Å². The average Bonchev–Trinajstić information content (AvgIpc) is 2.64. The maximum Gasteiger partial charge on any atom is 0.237 e. The summed E-state index contributed by atoms with van der Waals surface area (Å²) in [7, 11) is 1.64. The third kappa shape index (κ3) is 2.67. The van der Waals surface area contributed by atoms with Crippen molar-refractivity contribution in [2.24, 2.45) is 5.73 Å². The highest BCUT2D eigenvalue weighted by molar-refractivity contribution is 5.81. The molecule has 1 amide bonds. The molecule has 0 aromatic heterocycles. The molecule has 0 aromatic rings. The number of amides is 1. The fourth-order valence-corrected chi connectivity index (χ4v) is 1.85. The Morgan fingerprint density at radius 1 is 1.79 bits per heavy atom. The summed E-state index contributed by atoms with van der Waals surface area (Å²) in [4.78, 5) is 13.4. The molecule has 2 atom stereocenters. The number of nitrogens with two attached hydrogens (primary N) is 1. The van der Waals surface area contributed by atoms with Gasteiger partial charge in [0, 0.05) is 20.1 Å². The van der Waals surface area contributed by atoms with Crippen LogP contribution in [0.25, 0.3) is 0 Å². The number of hydrogen-bond donors (Lipinski definition) is 3. The predicted molar refractivity (Wildman–Crippen MR) is 53.7 cm³/mol. The Hall–Kier alpha value is -0.650. The molecule has 1 aliphatic heterocycles. The van der Waals surface area contributed by atoms with E-state index in [0.717, 1.165) is 19.4 Å². The monoisotopic (exact) mass is 201 g/mol. The molecular formula is C9H19N3O2. The molecule has 5 nitrogen and oxygen atoms in total. The molecular weight excluding hydrogens is 182 g/mol. The van der Waals surface area contributed by atoms with Gasteiger partial charge in [0.15, 0.2) is 0 Å². The number of likely N-dealkylation sites (N-methyl/N-ethyl adjacent to an activating group) is 1. The van der Waals surface area contributed by atoms with Gasteiger partial charge >= 0.3 is 0 Å². The van der Waals surface area contributed by atoms with Gasteiger partial charge < -0.3 is 16.2 Å². The third-order valence-electron chi connectivity index (χ3n) is 2.63. The van der Waals surface area contributed by atoms with Crippen molar-refractivity contribution in [3.63, 3.8) is 0 Å². The van der Waals surface area contributed by atoms with E-state index in [-0.39, 0.29) is 18.5 Å². The molecule has 1 saturated heterocycles. The first-order valence-electron chi connectivity index (χ1n) is 5.02. The summed E-state index contributed by atoms with van der Waals surface area (Å²) >= 11 is 0. The van der Waals surface area contributed by atoms with E-state index in [2.05, 4.69) is 5.32 Å². The molecule has 1 aliphatic rings. The van der Waals surface area contributed by atoms with Crippen molar-refractivity contribution < 1.29 is 9.90 Å². The molecule has 0 saturated carbocycles. The predicted octanol–water partition coefficient (Wildman–Crippen LogP) is -1.48. The zero-order chi connectivity index (χ0) is 10.6. The zero-order valence-corrected chi connectivity index (χ0v) is 8.57. The number of β-amino-alcohol motifs (C(OH)–C–C–N with tert-alkyl or cyclic N) is 1. The van der Waals surface area contributed by atoms with Crippen LogP contribution in [0.5, 0.6) is 0 Å². The number of carbonyl (C=O) groups excluding carboxylic acids is 1. The molecule has 2 unspecified atom stereocenters. The molecule has 0 radical (unpaired) electrons. The molecule has 0 spiro atoms. The minimum Gasteiger partial charge on any atom is -0.390 e. The number of nitrogens with zero attached hydrogens (tertiary/aromatic N) is 1. The number of likely N-dealkylation sites (tertiary alicyclic amines) is 1. The summed E-state index contributed by atoms with van der Waals surface area (Å²) in [5, 5.41) is 12.0. The number of aliphatic hydroxyl groups excluding tert-OH is 1. The van der Waals surface area contributed by atoms with Gasteiger partial charge in [-0.3, -0.25) is 9.69 Å². The largest absolute Gasteiger partial charge is 0.390 e. The minimum atomic E-state index is -0.528. The second-order valence-corrected chi connectivity index (χ2v) is 3.66. The van der Waals surface area contributed by atoms with Crippen LogP contribution in [0.4, 0.5) is 0 Å². The normalized spacial score (nSPS) is 24.9. The summed E-state index contributed by atoms with van der Waals surface area (Å²) in [6.45, 7) is 1.61. The molecule has 4 N–H and O–H groups in total. The molecule has 0 aliphatic carbocycles. The summed E-state index contributed by atoms with van der Waals surface area (Å²) in [5.41, 5.74) is 5.33. The van der Waals surface area contributed by atoms with Crippen LogP contribution in [-0.4, -0.2) is 54.7 Å². The Morgan fingerprint density at radius 3 is 3.07 bits per heavy atom. The van der Waals surface area contributed by atoms with Gasteiger partial charge in [-0.1, -0.05) is 0 Å². The Morgan fingerprint density at radius 2 is 2.50 bits per heavy atom. The number of aliphatic hydroxyl groups is 1. The van der Waals surface area contributed by atoms with Crippen molar-refractivity contribution in [2.45, 2.75) is 25.0 Å². The van der Waals surface area contributed by atoms with E-state index >= 15 is 0 Å². The zero-order valence-electron chi connectivity index (χ0n) is 8.57. The van der Waals surface area contributed by atoms with Crippen LogP contribution in [0.3, 0.4) is 0 Å². The molecule has 0 aromatic carbocycles. The Balaban J connectivity index is 2.46. The van der Waals surface area contributed by atoms with Gasteiger partial charge in [0.05, 0.1) is 12.1 Å². The Kier molecular flexibility index (Phi) is 4.31. The maximum absolute atomic E-state index is 11.4. The first kappa shape index (κ1) is 11.4. The smallest absolute Gasteiger partial charge is 0.237 e. The lowest BCUT2D eigenvalue weighted by atomic mass is 10.2. The van der Waals surface area contributed by atoms with Crippen LogP contribution >= 0.6 is 0 Å². The van der Waals surface area contributed by atoms with Gasteiger partial charge in [-0.2, -0.15) is 0 Å². The molecule has 82 valence electrons.